The van der Waals surface area contributed by atoms with E-state index in [2.05, 4.69) is 35.2 Å². The standard InChI is InChI=1S/C17H20ClN3O/c1-11-4-15(21-10-20-11)12-5-13(7-14(18)6-12)16-8-22-17(2,3)9-19-16/h4-7,10,16,19H,8-9H2,1-3H3. The molecule has 1 aromatic carbocycles. The maximum absolute atomic E-state index is 6.30. The number of aromatic nitrogens is 2. The Balaban J connectivity index is 1.91. The lowest BCUT2D eigenvalue weighted by Gasteiger charge is -2.36. The number of halogens is 1. The van der Waals surface area contributed by atoms with Gasteiger partial charge in [0.15, 0.2) is 0 Å². The molecule has 0 aliphatic carbocycles. The highest BCUT2D eigenvalue weighted by atomic mass is 35.5. The van der Waals surface area contributed by atoms with Crippen LogP contribution in [-0.4, -0.2) is 28.7 Å². The largest absolute Gasteiger partial charge is 0.372 e. The summed E-state index contributed by atoms with van der Waals surface area (Å²) in [5.74, 6) is 0. The minimum atomic E-state index is -0.123. The number of aryl methyl sites for hydroxylation is 1. The van der Waals surface area contributed by atoms with Crippen molar-refractivity contribution in [2.24, 2.45) is 0 Å². The molecule has 1 unspecified atom stereocenters. The zero-order chi connectivity index (χ0) is 15.7. The Morgan fingerprint density at radius 1 is 1.23 bits per heavy atom. The molecule has 4 nitrogen and oxygen atoms in total. The Morgan fingerprint density at radius 2 is 2.05 bits per heavy atom. The molecular weight excluding hydrogens is 298 g/mol. The van der Waals surface area contributed by atoms with Crippen molar-refractivity contribution in [1.82, 2.24) is 15.3 Å². The van der Waals surface area contributed by atoms with Gasteiger partial charge in [-0.15, -0.1) is 0 Å². The molecule has 1 atom stereocenters. The van der Waals surface area contributed by atoms with Crippen LogP contribution in [-0.2, 0) is 4.74 Å². The Bertz CT molecular complexity index is 677. The minimum Gasteiger partial charge on any atom is -0.372 e. The molecule has 2 aromatic rings. The fraction of sp³-hybridized carbons (Fsp3) is 0.412. The van der Waals surface area contributed by atoms with Crippen molar-refractivity contribution in [3.8, 4) is 11.3 Å². The maximum atomic E-state index is 6.30. The second-order valence-corrected chi connectivity index (χ2v) is 6.76. The zero-order valence-electron chi connectivity index (χ0n) is 13.1. The van der Waals surface area contributed by atoms with Gasteiger partial charge in [-0.2, -0.15) is 0 Å². The lowest BCUT2D eigenvalue weighted by molar-refractivity contribution is -0.0586. The SMILES string of the molecule is Cc1cc(-c2cc(Cl)cc(C3COC(C)(C)CN3)c2)ncn1. The van der Waals surface area contributed by atoms with Crippen LogP contribution in [0.4, 0.5) is 0 Å². The van der Waals surface area contributed by atoms with Gasteiger partial charge in [0.2, 0.25) is 0 Å². The van der Waals surface area contributed by atoms with E-state index < -0.39 is 0 Å². The van der Waals surface area contributed by atoms with Gasteiger partial charge in [-0.25, -0.2) is 9.97 Å². The van der Waals surface area contributed by atoms with Gasteiger partial charge in [-0.1, -0.05) is 11.6 Å². The zero-order valence-corrected chi connectivity index (χ0v) is 13.8. The van der Waals surface area contributed by atoms with Crippen LogP contribution in [0.2, 0.25) is 5.02 Å². The molecule has 0 saturated carbocycles. The van der Waals surface area contributed by atoms with E-state index in [1.165, 1.54) is 0 Å². The summed E-state index contributed by atoms with van der Waals surface area (Å²) in [6.07, 6.45) is 1.58. The van der Waals surface area contributed by atoms with Crippen LogP contribution in [0, 0.1) is 6.92 Å². The van der Waals surface area contributed by atoms with E-state index in [1.807, 2.05) is 25.1 Å². The van der Waals surface area contributed by atoms with Crippen LogP contribution in [0.1, 0.15) is 31.1 Å². The molecule has 0 radical (unpaired) electrons. The van der Waals surface area contributed by atoms with Crippen molar-refractivity contribution in [2.75, 3.05) is 13.2 Å². The Hall–Kier alpha value is -1.49. The predicted molar refractivity (Wildman–Crippen MR) is 88.0 cm³/mol. The van der Waals surface area contributed by atoms with E-state index in [0.717, 1.165) is 29.1 Å². The summed E-state index contributed by atoms with van der Waals surface area (Å²) in [6.45, 7) is 7.57. The summed E-state index contributed by atoms with van der Waals surface area (Å²) in [4.78, 5) is 8.48. The third-order valence-electron chi connectivity index (χ3n) is 3.84. The van der Waals surface area contributed by atoms with Gasteiger partial charge in [0.1, 0.15) is 6.33 Å². The van der Waals surface area contributed by atoms with E-state index in [4.69, 9.17) is 16.3 Å². The molecule has 22 heavy (non-hydrogen) atoms. The Labute approximate surface area is 135 Å². The van der Waals surface area contributed by atoms with Crippen molar-refractivity contribution >= 4 is 11.6 Å². The smallest absolute Gasteiger partial charge is 0.116 e. The third kappa shape index (κ3) is 3.46. The number of nitrogens with zero attached hydrogens (tertiary/aromatic N) is 2. The van der Waals surface area contributed by atoms with Crippen molar-refractivity contribution in [2.45, 2.75) is 32.4 Å². The summed E-state index contributed by atoms with van der Waals surface area (Å²) >= 11 is 6.30. The summed E-state index contributed by atoms with van der Waals surface area (Å²) in [6, 6.07) is 8.14. The predicted octanol–water partition coefficient (Wildman–Crippen LogP) is 3.54. The highest BCUT2D eigenvalue weighted by Gasteiger charge is 2.28. The van der Waals surface area contributed by atoms with Crippen molar-refractivity contribution in [3.63, 3.8) is 0 Å². The minimum absolute atomic E-state index is 0.123. The molecule has 5 heteroatoms. The average Bonchev–Trinajstić information content (AvgIpc) is 2.46. The second kappa shape index (κ2) is 5.95. The monoisotopic (exact) mass is 317 g/mol. The molecule has 1 saturated heterocycles. The van der Waals surface area contributed by atoms with Gasteiger partial charge in [0.25, 0.3) is 0 Å². The summed E-state index contributed by atoms with van der Waals surface area (Å²) in [7, 11) is 0. The quantitative estimate of drug-likeness (QED) is 0.920. The summed E-state index contributed by atoms with van der Waals surface area (Å²) in [5.41, 5.74) is 3.82. The molecular formula is C17H20ClN3O. The van der Waals surface area contributed by atoms with E-state index in [1.54, 1.807) is 6.33 Å². The maximum Gasteiger partial charge on any atom is 0.116 e. The highest BCUT2D eigenvalue weighted by Crippen LogP contribution is 2.29. The number of hydrogen-bond acceptors (Lipinski definition) is 4. The lowest BCUT2D eigenvalue weighted by atomic mass is 9.99. The topological polar surface area (TPSA) is 47.0 Å². The second-order valence-electron chi connectivity index (χ2n) is 6.32. The first-order valence-electron chi connectivity index (χ1n) is 7.40. The van der Waals surface area contributed by atoms with E-state index in [-0.39, 0.29) is 11.6 Å². The molecule has 1 fully saturated rings. The van der Waals surface area contributed by atoms with Crippen LogP contribution in [0.3, 0.4) is 0 Å². The molecule has 2 heterocycles. The number of morpholine rings is 1. The average molecular weight is 318 g/mol. The van der Waals surface area contributed by atoms with Gasteiger partial charge in [-0.05, 0) is 50.6 Å². The molecule has 3 rings (SSSR count). The highest BCUT2D eigenvalue weighted by molar-refractivity contribution is 6.31. The summed E-state index contributed by atoms with van der Waals surface area (Å²) in [5, 5.41) is 4.23. The molecule has 0 spiro atoms. The van der Waals surface area contributed by atoms with Crippen molar-refractivity contribution < 1.29 is 4.74 Å². The molecule has 1 N–H and O–H groups in total. The summed E-state index contributed by atoms with van der Waals surface area (Å²) < 4.78 is 5.91. The molecule has 1 aliphatic rings. The van der Waals surface area contributed by atoms with Crippen LogP contribution in [0.25, 0.3) is 11.3 Å². The van der Waals surface area contributed by atoms with Crippen LogP contribution in [0.15, 0.2) is 30.6 Å². The van der Waals surface area contributed by atoms with Gasteiger partial charge in [-0.3, -0.25) is 0 Å². The first-order valence-corrected chi connectivity index (χ1v) is 7.78. The lowest BCUT2D eigenvalue weighted by Crippen LogP contribution is -2.47. The molecule has 0 amide bonds. The van der Waals surface area contributed by atoms with E-state index in [9.17, 15) is 0 Å². The first kappa shape index (κ1) is 15.4. The molecule has 116 valence electrons. The molecule has 1 aliphatic heterocycles. The van der Waals surface area contributed by atoms with Crippen LogP contribution >= 0.6 is 11.6 Å². The first-order chi connectivity index (χ1) is 10.4. The number of hydrogen-bond donors (Lipinski definition) is 1. The van der Waals surface area contributed by atoms with E-state index in [0.29, 0.717) is 11.6 Å². The fourth-order valence-corrected chi connectivity index (χ4v) is 2.82. The fourth-order valence-electron chi connectivity index (χ4n) is 2.58. The van der Waals surface area contributed by atoms with E-state index >= 15 is 0 Å². The van der Waals surface area contributed by atoms with Crippen LogP contribution in [0.5, 0.6) is 0 Å². The number of nitrogens with one attached hydrogen (secondary N) is 1. The number of rotatable bonds is 2. The third-order valence-corrected chi connectivity index (χ3v) is 4.06. The molecule has 1 aromatic heterocycles. The Morgan fingerprint density at radius 3 is 2.73 bits per heavy atom. The number of benzene rings is 1. The van der Waals surface area contributed by atoms with Gasteiger partial charge >= 0.3 is 0 Å². The molecule has 0 bridgehead atoms. The van der Waals surface area contributed by atoms with Crippen molar-refractivity contribution in [1.29, 1.82) is 0 Å². The normalized spacial score (nSPS) is 20.8. The van der Waals surface area contributed by atoms with Gasteiger partial charge < -0.3 is 10.1 Å². The van der Waals surface area contributed by atoms with Gasteiger partial charge in [0, 0.05) is 22.8 Å². The van der Waals surface area contributed by atoms with Gasteiger partial charge in [0.05, 0.1) is 23.9 Å². The van der Waals surface area contributed by atoms with Crippen LogP contribution < -0.4 is 5.32 Å². The number of ether oxygens (including phenoxy) is 1. The van der Waals surface area contributed by atoms with Crippen molar-refractivity contribution in [3.05, 3.63) is 46.9 Å². The Kier molecular flexibility index (Phi) is 4.17.